The van der Waals surface area contributed by atoms with Gasteiger partial charge < -0.3 is 4.74 Å². The third-order valence-corrected chi connectivity index (χ3v) is 3.31. The Labute approximate surface area is 135 Å². The van der Waals surface area contributed by atoms with Crippen molar-refractivity contribution in [3.8, 4) is 0 Å². The number of benzene rings is 1. The van der Waals surface area contributed by atoms with Crippen molar-refractivity contribution >= 4 is 5.97 Å². The van der Waals surface area contributed by atoms with Gasteiger partial charge in [-0.05, 0) is 19.4 Å². The minimum Gasteiger partial charge on any atom is -0.465 e. The van der Waals surface area contributed by atoms with E-state index < -0.39 is 36.3 Å². The van der Waals surface area contributed by atoms with Crippen molar-refractivity contribution in [3.05, 3.63) is 35.9 Å². The molecular weight excluding hydrogens is 340 g/mol. The SMILES string of the molecule is CCOC(=O)C(NC(C)c1ccccc1)C(C(F)(F)F)C(F)(F)F. The van der Waals surface area contributed by atoms with E-state index >= 15 is 0 Å². The number of halogens is 6. The van der Waals surface area contributed by atoms with Crippen LogP contribution in [0.3, 0.4) is 0 Å². The highest BCUT2D eigenvalue weighted by Crippen LogP contribution is 2.42. The Bertz CT molecular complexity index is 515. The van der Waals surface area contributed by atoms with Gasteiger partial charge in [0.2, 0.25) is 0 Å². The second-order valence-corrected chi connectivity index (χ2v) is 5.09. The molecule has 0 amide bonds. The molecule has 0 bridgehead atoms. The van der Waals surface area contributed by atoms with E-state index in [2.05, 4.69) is 10.1 Å². The molecule has 136 valence electrons. The maximum atomic E-state index is 13.0. The normalized spacial score (nSPS) is 15.2. The van der Waals surface area contributed by atoms with Crippen LogP contribution in [0.4, 0.5) is 26.3 Å². The molecule has 1 aromatic rings. The van der Waals surface area contributed by atoms with Crippen LogP contribution in [0.15, 0.2) is 30.3 Å². The van der Waals surface area contributed by atoms with E-state index in [1.54, 1.807) is 18.2 Å². The summed E-state index contributed by atoms with van der Waals surface area (Å²) in [5.74, 6) is -5.46. The Balaban J connectivity index is 3.17. The van der Waals surface area contributed by atoms with Crippen LogP contribution in [0.25, 0.3) is 0 Å². The second-order valence-electron chi connectivity index (χ2n) is 5.09. The van der Waals surface area contributed by atoms with Gasteiger partial charge in [-0.2, -0.15) is 26.3 Å². The number of hydrogen-bond donors (Lipinski definition) is 1. The first-order valence-corrected chi connectivity index (χ1v) is 7.09. The van der Waals surface area contributed by atoms with Crippen molar-refractivity contribution in [1.82, 2.24) is 5.32 Å². The molecule has 0 aliphatic carbocycles. The maximum absolute atomic E-state index is 13.0. The fraction of sp³-hybridized carbons (Fsp3) is 0.533. The number of carbonyl (C=O) groups is 1. The van der Waals surface area contributed by atoms with Crippen LogP contribution in [0.1, 0.15) is 25.5 Å². The van der Waals surface area contributed by atoms with Gasteiger partial charge in [0.1, 0.15) is 6.04 Å². The first-order valence-electron chi connectivity index (χ1n) is 7.09. The van der Waals surface area contributed by atoms with Gasteiger partial charge >= 0.3 is 18.3 Å². The van der Waals surface area contributed by atoms with Crippen LogP contribution < -0.4 is 5.32 Å². The highest BCUT2D eigenvalue weighted by molar-refractivity contribution is 5.76. The average molecular weight is 357 g/mol. The summed E-state index contributed by atoms with van der Waals surface area (Å²) in [5, 5.41) is 2.12. The summed E-state index contributed by atoms with van der Waals surface area (Å²) in [4.78, 5) is 11.8. The summed E-state index contributed by atoms with van der Waals surface area (Å²) in [5.41, 5.74) is 0.440. The van der Waals surface area contributed by atoms with Crippen LogP contribution >= 0.6 is 0 Å². The molecule has 0 fully saturated rings. The van der Waals surface area contributed by atoms with Crippen molar-refractivity contribution in [2.75, 3.05) is 6.61 Å². The third kappa shape index (κ3) is 5.40. The summed E-state index contributed by atoms with van der Waals surface area (Å²) in [6.45, 7) is 2.33. The van der Waals surface area contributed by atoms with Gasteiger partial charge in [0, 0.05) is 6.04 Å². The molecule has 2 atom stereocenters. The van der Waals surface area contributed by atoms with Crippen molar-refractivity contribution in [2.24, 2.45) is 5.92 Å². The van der Waals surface area contributed by atoms with E-state index in [0.29, 0.717) is 5.56 Å². The lowest BCUT2D eigenvalue weighted by Gasteiger charge is -2.31. The van der Waals surface area contributed by atoms with Crippen molar-refractivity contribution < 1.29 is 35.9 Å². The number of alkyl halides is 6. The molecule has 3 nitrogen and oxygen atoms in total. The average Bonchev–Trinajstić information content (AvgIpc) is 2.44. The molecule has 1 rings (SSSR count). The summed E-state index contributed by atoms with van der Waals surface area (Å²) in [7, 11) is 0. The first-order chi connectivity index (χ1) is 11.0. The minimum atomic E-state index is -5.65. The van der Waals surface area contributed by atoms with Crippen molar-refractivity contribution in [2.45, 2.75) is 38.3 Å². The van der Waals surface area contributed by atoms with E-state index in [1.807, 2.05) is 0 Å². The molecule has 0 aliphatic heterocycles. The fourth-order valence-electron chi connectivity index (χ4n) is 2.20. The molecule has 9 heteroatoms. The molecule has 2 unspecified atom stereocenters. The topological polar surface area (TPSA) is 38.3 Å². The molecular formula is C15H17F6NO2. The van der Waals surface area contributed by atoms with Gasteiger partial charge in [0.25, 0.3) is 0 Å². The Kier molecular flexibility index (Phi) is 6.65. The fourth-order valence-corrected chi connectivity index (χ4v) is 2.20. The lowest BCUT2D eigenvalue weighted by atomic mass is 9.96. The standard InChI is InChI=1S/C15H17F6NO2/c1-3-24-13(23)11(12(14(16,17)18)15(19,20)21)22-9(2)10-7-5-4-6-8-10/h4-9,11-12,22H,3H2,1-2H3. The zero-order chi connectivity index (χ0) is 18.5. The van der Waals surface area contributed by atoms with Gasteiger partial charge in [-0.3, -0.25) is 10.1 Å². The monoisotopic (exact) mass is 357 g/mol. The molecule has 0 saturated carbocycles. The lowest BCUT2D eigenvalue weighted by molar-refractivity contribution is -0.292. The van der Waals surface area contributed by atoms with Crippen molar-refractivity contribution in [1.29, 1.82) is 0 Å². The van der Waals surface area contributed by atoms with Crippen LogP contribution in [-0.2, 0) is 9.53 Å². The summed E-state index contributed by atoms with van der Waals surface area (Å²) in [6.07, 6.45) is -11.3. The second kappa shape index (κ2) is 7.87. The summed E-state index contributed by atoms with van der Waals surface area (Å²) >= 11 is 0. The molecule has 0 aliphatic rings. The van der Waals surface area contributed by atoms with Gasteiger partial charge in [-0.25, -0.2) is 0 Å². The zero-order valence-electron chi connectivity index (χ0n) is 12.9. The number of esters is 1. The number of carbonyl (C=O) groups excluding carboxylic acids is 1. The Morgan fingerprint density at radius 1 is 1.08 bits per heavy atom. The van der Waals surface area contributed by atoms with Crippen LogP contribution in [-0.4, -0.2) is 31.0 Å². The lowest BCUT2D eigenvalue weighted by Crippen LogP contribution is -2.55. The first kappa shape index (κ1) is 20.3. The van der Waals surface area contributed by atoms with Gasteiger partial charge in [-0.15, -0.1) is 0 Å². The molecule has 0 saturated heterocycles. The Morgan fingerprint density at radius 2 is 1.58 bits per heavy atom. The highest BCUT2D eigenvalue weighted by atomic mass is 19.4. The van der Waals surface area contributed by atoms with E-state index in [0.717, 1.165) is 0 Å². The predicted octanol–water partition coefficient (Wildman–Crippen LogP) is 4.01. The van der Waals surface area contributed by atoms with E-state index in [9.17, 15) is 31.1 Å². The molecule has 1 aromatic carbocycles. The third-order valence-electron chi connectivity index (χ3n) is 3.31. The minimum absolute atomic E-state index is 0.334. The van der Waals surface area contributed by atoms with Crippen molar-refractivity contribution in [3.63, 3.8) is 0 Å². The molecule has 0 spiro atoms. The highest BCUT2D eigenvalue weighted by Gasteiger charge is 2.62. The zero-order valence-corrected chi connectivity index (χ0v) is 12.9. The largest absolute Gasteiger partial charge is 0.465 e. The van der Waals surface area contributed by atoms with Gasteiger partial charge in [-0.1, -0.05) is 30.3 Å². The van der Waals surface area contributed by atoms with Gasteiger partial charge in [0.05, 0.1) is 6.61 Å². The van der Waals surface area contributed by atoms with Crippen LogP contribution in [0.5, 0.6) is 0 Å². The molecule has 24 heavy (non-hydrogen) atoms. The number of nitrogens with one attached hydrogen (secondary N) is 1. The molecule has 0 heterocycles. The molecule has 0 aromatic heterocycles. The molecule has 0 radical (unpaired) electrons. The van der Waals surface area contributed by atoms with E-state index in [4.69, 9.17) is 0 Å². The van der Waals surface area contributed by atoms with E-state index in [1.165, 1.54) is 26.0 Å². The Hall–Kier alpha value is -1.77. The smallest absolute Gasteiger partial charge is 0.402 e. The van der Waals surface area contributed by atoms with Crippen LogP contribution in [0.2, 0.25) is 0 Å². The number of hydrogen-bond acceptors (Lipinski definition) is 3. The maximum Gasteiger partial charge on any atom is 0.402 e. The quantitative estimate of drug-likeness (QED) is 0.618. The summed E-state index contributed by atoms with van der Waals surface area (Å²) < 4.78 is 82.1. The van der Waals surface area contributed by atoms with E-state index in [-0.39, 0.29) is 6.61 Å². The number of rotatable bonds is 6. The van der Waals surface area contributed by atoms with Gasteiger partial charge in [0.15, 0.2) is 5.92 Å². The summed E-state index contributed by atoms with van der Waals surface area (Å²) in [6, 6.07) is 4.34. The van der Waals surface area contributed by atoms with Crippen LogP contribution in [0, 0.1) is 5.92 Å². The Morgan fingerprint density at radius 3 is 2.00 bits per heavy atom. The molecule has 1 N–H and O–H groups in total. The predicted molar refractivity (Wildman–Crippen MR) is 74.0 cm³/mol. The number of ether oxygens (including phenoxy) is 1.